The first-order chi connectivity index (χ1) is 9.89. The lowest BCUT2D eigenvalue weighted by atomic mass is 10.2. The number of benzene rings is 1. The molecule has 0 radical (unpaired) electrons. The first-order valence-corrected chi connectivity index (χ1v) is 7.85. The van der Waals surface area contributed by atoms with Crippen LogP contribution in [0.5, 0.6) is 0 Å². The summed E-state index contributed by atoms with van der Waals surface area (Å²) in [5, 5.41) is 3.15. The van der Waals surface area contributed by atoms with E-state index in [2.05, 4.69) is 5.32 Å². The Morgan fingerprint density at radius 1 is 1.19 bits per heavy atom. The molecule has 0 aliphatic carbocycles. The maximum atomic E-state index is 12.4. The summed E-state index contributed by atoms with van der Waals surface area (Å²) < 4.78 is 52.6. The van der Waals surface area contributed by atoms with Crippen LogP contribution in [-0.2, 0) is 16.3 Å². The van der Waals surface area contributed by atoms with Gasteiger partial charge in [0.2, 0.25) is 9.84 Å². The Morgan fingerprint density at radius 3 is 2.38 bits per heavy atom. The zero-order valence-electron chi connectivity index (χ0n) is 11.3. The average Bonchev–Trinajstić information content (AvgIpc) is 2.91. The van der Waals surface area contributed by atoms with Crippen LogP contribution in [0.4, 0.5) is 14.5 Å². The number of halogens is 2. The van der Waals surface area contributed by atoms with Crippen molar-refractivity contribution >= 4 is 15.5 Å². The molecular weight excluding hydrogens is 300 g/mol. The van der Waals surface area contributed by atoms with Gasteiger partial charge < -0.3 is 9.73 Å². The van der Waals surface area contributed by atoms with Crippen LogP contribution in [0.1, 0.15) is 12.7 Å². The highest BCUT2D eigenvalue weighted by Crippen LogP contribution is 2.21. The normalized spacial score (nSPS) is 13.3. The van der Waals surface area contributed by atoms with Gasteiger partial charge in [-0.15, -0.1) is 0 Å². The van der Waals surface area contributed by atoms with Crippen molar-refractivity contribution in [1.29, 1.82) is 0 Å². The van der Waals surface area contributed by atoms with Gasteiger partial charge in [0.1, 0.15) is 5.76 Å². The molecule has 1 heterocycles. The molecule has 0 saturated heterocycles. The van der Waals surface area contributed by atoms with Gasteiger partial charge in [-0.3, -0.25) is 0 Å². The molecule has 114 valence electrons. The van der Waals surface area contributed by atoms with Gasteiger partial charge >= 0.3 is 5.76 Å². The van der Waals surface area contributed by atoms with E-state index in [0.717, 1.165) is 5.76 Å². The number of alkyl halides is 2. The lowest BCUT2D eigenvalue weighted by Crippen LogP contribution is -2.18. The zero-order chi connectivity index (χ0) is 15.5. The van der Waals surface area contributed by atoms with Gasteiger partial charge in [-0.05, 0) is 43.3 Å². The maximum Gasteiger partial charge on any atom is 0.341 e. The molecule has 2 aromatic rings. The Morgan fingerprint density at radius 2 is 1.86 bits per heavy atom. The highest BCUT2D eigenvalue weighted by Gasteiger charge is 2.26. The quantitative estimate of drug-likeness (QED) is 0.888. The van der Waals surface area contributed by atoms with Gasteiger partial charge in [-0.2, -0.15) is 8.78 Å². The van der Waals surface area contributed by atoms with Crippen molar-refractivity contribution in [3.63, 3.8) is 0 Å². The largest absolute Gasteiger partial charge is 0.469 e. The lowest BCUT2D eigenvalue weighted by molar-refractivity contribution is 0.234. The first-order valence-electron chi connectivity index (χ1n) is 6.30. The number of sulfone groups is 1. The molecule has 7 heteroatoms. The molecule has 0 bridgehead atoms. The van der Waals surface area contributed by atoms with E-state index in [1.165, 1.54) is 24.3 Å². The molecule has 1 aromatic heterocycles. The van der Waals surface area contributed by atoms with Crippen molar-refractivity contribution in [2.45, 2.75) is 30.0 Å². The Labute approximate surface area is 121 Å². The minimum absolute atomic E-state index is 0.0497. The van der Waals surface area contributed by atoms with E-state index < -0.39 is 15.6 Å². The molecule has 21 heavy (non-hydrogen) atoms. The molecule has 1 N–H and O–H groups in total. The van der Waals surface area contributed by atoms with Crippen molar-refractivity contribution in [2.75, 3.05) is 5.32 Å². The number of hydrogen-bond acceptors (Lipinski definition) is 4. The predicted octanol–water partition coefficient (Wildman–Crippen LogP) is 3.32. The van der Waals surface area contributed by atoms with Gasteiger partial charge in [0.15, 0.2) is 0 Å². The van der Waals surface area contributed by atoms with Crippen LogP contribution in [0.3, 0.4) is 0 Å². The molecule has 4 nitrogen and oxygen atoms in total. The molecule has 1 unspecified atom stereocenters. The molecule has 0 fully saturated rings. The van der Waals surface area contributed by atoms with E-state index in [9.17, 15) is 17.2 Å². The summed E-state index contributed by atoms with van der Waals surface area (Å²) in [6, 6.07) is 8.98. The molecule has 1 atom stereocenters. The molecule has 1 aromatic carbocycles. The number of hydrogen-bond donors (Lipinski definition) is 1. The molecule has 0 spiro atoms. The summed E-state index contributed by atoms with van der Waals surface area (Å²) in [6.45, 7) is 1.94. The van der Waals surface area contributed by atoms with Crippen molar-refractivity contribution in [2.24, 2.45) is 0 Å². The summed E-state index contributed by atoms with van der Waals surface area (Å²) in [5.41, 5.74) is 0.655. The topological polar surface area (TPSA) is 59.3 Å². The molecule has 0 saturated carbocycles. The molecule has 0 aliphatic heterocycles. The third-order valence-corrected chi connectivity index (χ3v) is 4.32. The average molecular weight is 315 g/mol. The minimum Gasteiger partial charge on any atom is -0.469 e. The van der Waals surface area contributed by atoms with E-state index >= 15 is 0 Å². The van der Waals surface area contributed by atoms with Gasteiger partial charge in [-0.1, -0.05) is 0 Å². The van der Waals surface area contributed by atoms with Crippen molar-refractivity contribution < 1.29 is 21.6 Å². The van der Waals surface area contributed by atoms with Crippen LogP contribution in [0, 0.1) is 0 Å². The third kappa shape index (κ3) is 3.81. The van der Waals surface area contributed by atoms with Crippen LogP contribution in [0.2, 0.25) is 0 Å². The Hall–Kier alpha value is -1.89. The number of furan rings is 1. The second-order valence-electron chi connectivity index (χ2n) is 4.66. The first kappa shape index (κ1) is 15.5. The maximum absolute atomic E-state index is 12.4. The third-order valence-electron chi connectivity index (χ3n) is 2.92. The highest BCUT2D eigenvalue weighted by atomic mass is 32.2. The highest BCUT2D eigenvalue weighted by molar-refractivity contribution is 7.91. The zero-order valence-corrected chi connectivity index (χ0v) is 12.1. The second kappa shape index (κ2) is 6.26. The van der Waals surface area contributed by atoms with Gasteiger partial charge in [0.25, 0.3) is 0 Å². The summed E-state index contributed by atoms with van der Waals surface area (Å²) >= 11 is 0. The predicted molar refractivity (Wildman–Crippen MR) is 75.1 cm³/mol. The van der Waals surface area contributed by atoms with Gasteiger partial charge in [-0.25, -0.2) is 8.42 Å². The van der Waals surface area contributed by atoms with Crippen LogP contribution >= 0.6 is 0 Å². The second-order valence-corrected chi connectivity index (χ2v) is 6.58. The minimum atomic E-state index is -4.54. The summed E-state index contributed by atoms with van der Waals surface area (Å²) in [6.07, 6.45) is 2.25. The lowest BCUT2D eigenvalue weighted by Gasteiger charge is -2.14. The SMILES string of the molecule is CC(Cc1ccco1)Nc1ccc(S(=O)(=O)C(F)F)cc1. The van der Waals surface area contributed by atoms with Gasteiger partial charge in [0.05, 0.1) is 11.2 Å². The van der Waals surface area contributed by atoms with Crippen LogP contribution in [0.15, 0.2) is 52.0 Å². The monoisotopic (exact) mass is 315 g/mol. The summed E-state index contributed by atoms with van der Waals surface area (Å²) in [4.78, 5) is -0.387. The van der Waals surface area contributed by atoms with Crippen molar-refractivity contribution in [3.8, 4) is 0 Å². The molecular formula is C14H15F2NO3S. The molecule has 2 rings (SSSR count). The molecule has 0 aliphatic rings. The van der Waals surface area contributed by atoms with Gasteiger partial charge in [0, 0.05) is 18.2 Å². The van der Waals surface area contributed by atoms with E-state index in [-0.39, 0.29) is 10.9 Å². The fourth-order valence-corrected chi connectivity index (χ4v) is 2.63. The fourth-order valence-electron chi connectivity index (χ4n) is 1.91. The smallest absolute Gasteiger partial charge is 0.341 e. The van der Waals surface area contributed by atoms with E-state index in [4.69, 9.17) is 4.42 Å². The van der Waals surface area contributed by atoms with Crippen molar-refractivity contribution in [1.82, 2.24) is 0 Å². The van der Waals surface area contributed by atoms with Crippen LogP contribution < -0.4 is 5.32 Å². The Balaban J connectivity index is 2.03. The standard InChI is InChI=1S/C14H15F2NO3S/c1-10(9-12-3-2-8-20-12)17-11-4-6-13(7-5-11)21(18,19)14(15)16/h2-8,10,14,17H,9H2,1H3. The van der Waals surface area contributed by atoms with Crippen LogP contribution in [-0.4, -0.2) is 20.2 Å². The van der Waals surface area contributed by atoms with E-state index in [0.29, 0.717) is 12.1 Å². The number of anilines is 1. The van der Waals surface area contributed by atoms with E-state index in [1.54, 1.807) is 12.3 Å². The van der Waals surface area contributed by atoms with Crippen LogP contribution in [0.25, 0.3) is 0 Å². The summed E-state index contributed by atoms with van der Waals surface area (Å²) in [7, 11) is -4.54. The number of rotatable bonds is 6. The number of nitrogens with one attached hydrogen (secondary N) is 1. The Kier molecular flexibility index (Phi) is 4.62. The van der Waals surface area contributed by atoms with Crippen molar-refractivity contribution in [3.05, 3.63) is 48.4 Å². The van der Waals surface area contributed by atoms with E-state index in [1.807, 2.05) is 13.0 Å². The molecule has 0 amide bonds. The Bertz CT molecular complexity index is 667. The summed E-state index contributed by atoms with van der Waals surface area (Å²) in [5.74, 6) is -2.58. The fraction of sp³-hybridized carbons (Fsp3) is 0.286.